The molecule has 0 saturated carbocycles. The molecule has 1 aromatic carbocycles. The van der Waals surface area contributed by atoms with Crippen LogP contribution in [0.5, 0.6) is 0 Å². The Bertz CT molecular complexity index is 724. The number of fused-ring (bicyclic) bond motifs is 1. The summed E-state index contributed by atoms with van der Waals surface area (Å²) in [5.74, 6) is -0.951. The van der Waals surface area contributed by atoms with E-state index in [1.807, 2.05) is 12.2 Å². The van der Waals surface area contributed by atoms with Crippen molar-refractivity contribution in [1.29, 1.82) is 0 Å². The molecule has 0 bridgehead atoms. The number of imide groups is 1. The fourth-order valence-electron chi connectivity index (χ4n) is 3.93. The molecule has 0 aromatic heterocycles. The molecule has 1 N–H and O–H groups in total. The number of hydrogen-bond acceptors (Lipinski definition) is 4. The average molecular weight is 354 g/mol. The van der Waals surface area contributed by atoms with Gasteiger partial charge in [-0.2, -0.15) is 0 Å². The standard InChI is InChI=1S/C20H22N2O4/c23-18(21-12-15-4-3-11-26-15)13-7-9-14(10-8-13)22-19(24)16-5-1-2-6-17(16)20(22)25/h1-2,7-10,15-17H,3-6,11-12H2,(H,21,23). The first-order valence-electron chi connectivity index (χ1n) is 9.18. The van der Waals surface area contributed by atoms with E-state index in [0.29, 0.717) is 30.6 Å². The molecule has 26 heavy (non-hydrogen) atoms. The zero-order chi connectivity index (χ0) is 18.1. The Morgan fingerprint density at radius 3 is 2.31 bits per heavy atom. The first kappa shape index (κ1) is 17.0. The number of anilines is 1. The zero-order valence-corrected chi connectivity index (χ0v) is 14.5. The second kappa shape index (κ2) is 7.03. The molecular weight excluding hydrogens is 332 g/mol. The number of hydrogen-bond donors (Lipinski definition) is 1. The van der Waals surface area contributed by atoms with E-state index in [0.717, 1.165) is 19.4 Å². The van der Waals surface area contributed by atoms with E-state index < -0.39 is 0 Å². The van der Waals surface area contributed by atoms with Crippen molar-refractivity contribution in [3.8, 4) is 0 Å². The summed E-state index contributed by atoms with van der Waals surface area (Å²) in [6.07, 6.45) is 7.27. The van der Waals surface area contributed by atoms with Crippen molar-refractivity contribution < 1.29 is 19.1 Å². The Morgan fingerprint density at radius 1 is 1.08 bits per heavy atom. The van der Waals surface area contributed by atoms with Crippen LogP contribution in [0.3, 0.4) is 0 Å². The maximum Gasteiger partial charge on any atom is 0.251 e. The number of benzene rings is 1. The lowest BCUT2D eigenvalue weighted by atomic mass is 9.85. The van der Waals surface area contributed by atoms with E-state index in [2.05, 4.69) is 5.32 Å². The summed E-state index contributed by atoms with van der Waals surface area (Å²) in [5.41, 5.74) is 1.04. The number of carbonyl (C=O) groups excluding carboxylic acids is 3. The Labute approximate surface area is 152 Å². The van der Waals surface area contributed by atoms with Gasteiger partial charge in [0.05, 0.1) is 23.6 Å². The van der Waals surface area contributed by atoms with E-state index in [1.165, 1.54) is 4.90 Å². The van der Waals surface area contributed by atoms with Gasteiger partial charge in [0, 0.05) is 18.7 Å². The summed E-state index contributed by atoms with van der Waals surface area (Å²) in [6, 6.07) is 6.64. The SMILES string of the molecule is O=C(NCC1CCCO1)c1ccc(N2C(=O)C3CC=CCC3C2=O)cc1. The van der Waals surface area contributed by atoms with Crippen LogP contribution in [0.2, 0.25) is 0 Å². The van der Waals surface area contributed by atoms with Gasteiger partial charge in [0.1, 0.15) is 0 Å². The van der Waals surface area contributed by atoms with Crippen LogP contribution in [0.4, 0.5) is 5.69 Å². The highest BCUT2D eigenvalue weighted by Gasteiger charge is 2.47. The molecule has 6 nitrogen and oxygen atoms in total. The maximum atomic E-state index is 12.6. The highest BCUT2D eigenvalue weighted by Crippen LogP contribution is 2.37. The predicted octanol–water partition coefficient (Wildman–Crippen LogP) is 2.05. The molecule has 3 amide bonds. The Kier molecular flexibility index (Phi) is 4.59. The lowest BCUT2D eigenvalue weighted by Gasteiger charge is -2.15. The van der Waals surface area contributed by atoms with E-state index in [4.69, 9.17) is 4.74 Å². The highest BCUT2D eigenvalue weighted by molar-refractivity contribution is 6.22. The number of carbonyl (C=O) groups is 3. The Hall–Kier alpha value is -2.47. The minimum atomic E-state index is -0.248. The van der Waals surface area contributed by atoms with Crippen LogP contribution >= 0.6 is 0 Å². The van der Waals surface area contributed by atoms with Gasteiger partial charge < -0.3 is 10.1 Å². The molecular formula is C20H22N2O4. The Balaban J connectivity index is 1.43. The van der Waals surface area contributed by atoms with Crippen molar-refractivity contribution in [3.05, 3.63) is 42.0 Å². The largest absolute Gasteiger partial charge is 0.376 e. The normalized spacial score (nSPS) is 27.7. The van der Waals surface area contributed by atoms with Crippen LogP contribution in [-0.4, -0.2) is 37.0 Å². The van der Waals surface area contributed by atoms with Gasteiger partial charge in [0.2, 0.25) is 11.8 Å². The van der Waals surface area contributed by atoms with Crippen LogP contribution in [0, 0.1) is 11.8 Å². The maximum absolute atomic E-state index is 12.6. The lowest BCUT2D eigenvalue weighted by Crippen LogP contribution is -2.32. The topological polar surface area (TPSA) is 75.7 Å². The van der Waals surface area contributed by atoms with Gasteiger partial charge in [0.15, 0.2) is 0 Å². The van der Waals surface area contributed by atoms with Crippen LogP contribution in [-0.2, 0) is 14.3 Å². The molecule has 2 aliphatic heterocycles. The summed E-state index contributed by atoms with van der Waals surface area (Å²) in [7, 11) is 0. The van der Waals surface area contributed by atoms with Crippen LogP contribution in [0.25, 0.3) is 0 Å². The third-order valence-electron chi connectivity index (χ3n) is 5.41. The van der Waals surface area contributed by atoms with E-state index >= 15 is 0 Å². The smallest absolute Gasteiger partial charge is 0.251 e. The monoisotopic (exact) mass is 354 g/mol. The first-order chi connectivity index (χ1) is 12.6. The van der Waals surface area contributed by atoms with Crippen LogP contribution < -0.4 is 10.2 Å². The summed E-state index contributed by atoms with van der Waals surface area (Å²) in [5, 5.41) is 2.87. The fourth-order valence-corrected chi connectivity index (χ4v) is 3.93. The molecule has 3 aliphatic rings. The molecule has 0 spiro atoms. The van der Waals surface area contributed by atoms with E-state index in [9.17, 15) is 14.4 Å². The van der Waals surface area contributed by atoms with Crippen molar-refractivity contribution in [1.82, 2.24) is 5.32 Å². The van der Waals surface area contributed by atoms with Gasteiger partial charge in [-0.15, -0.1) is 0 Å². The van der Waals surface area contributed by atoms with Gasteiger partial charge in [-0.25, -0.2) is 0 Å². The van der Waals surface area contributed by atoms with Gasteiger partial charge in [-0.05, 0) is 49.9 Å². The summed E-state index contributed by atoms with van der Waals surface area (Å²) >= 11 is 0. The second-order valence-corrected chi connectivity index (χ2v) is 7.06. The average Bonchev–Trinajstić information content (AvgIpc) is 3.28. The highest BCUT2D eigenvalue weighted by atomic mass is 16.5. The van der Waals surface area contributed by atoms with Gasteiger partial charge >= 0.3 is 0 Å². The molecule has 2 heterocycles. The van der Waals surface area contributed by atoms with Gasteiger partial charge in [-0.3, -0.25) is 19.3 Å². The van der Waals surface area contributed by atoms with E-state index in [1.54, 1.807) is 24.3 Å². The van der Waals surface area contributed by atoms with Crippen LogP contribution in [0.1, 0.15) is 36.0 Å². The number of ether oxygens (including phenoxy) is 1. The van der Waals surface area contributed by atoms with Gasteiger partial charge in [0.25, 0.3) is 5.91 Å². The quantitative estimate of drug-likeness (QED) is 0.663. The first-order valence-corrected chi connectivity index (χ1v) is 9.18. The molecule has 136 valence electrons. The van der Waals surface area contributed by atoms with Crippen molar-refractivity contribution in [2.75, 3.05) is 18.1 Å². The van der Waals surface area contributed by atoms with Crippen molar-refractivity contribution in [2.45, 2.75) is 31.8 Å². The van der Waals surface area contributed by atoms with Crippen molar-refractivity contribution in [3.63, 3.8) is 0 Å². The second-order valence-electron chi connectivity index (χ2n) is 7.06. The third-order valence-corrected chi connectivity index (χ3v) is 5.41. The van der Waals surface area contributed by atoms with Crippen LogP contribution in [0.15, 0.2) is 36.4 Å². The molecule has 1 aliphatic carbocycles. The summed E-state index contributed by atoms with van der Waals surface area (Å²) < 4.78 is 5.49. The molecule has 6 heteroatoms. The predicted molar refractivity (Wildman–Crippen MR) is 95.6 cm³/mol. The number of nitrogens with one attached hydrogen (secondary N) is 1. The van der Waals surface area contributed by atoms with E-state index in [-0.39, 0.29) is 35.7 Å². The number of amides is 3. The minimum Gasteiger partial charge on any atom is -0.376 e. The molecule has 2 saturated heterocycles. The number of rotatable bonds is 4. The van der Waals surface area contributed by atoms with Gasteiger partial charge in [-0.1, -0.05) is 12.2 Å². The van der Waals surface area contributed by atoms with Crippen molar-refractivity contribution >= 4 is 23.4 Å². The summed E-state index contributed by atoms with van der Waals surface area (Å²) in [4.78, 5) is 38.7. The number of allylic oxidation sites excluding steroid dienone is 2. The Morgan fingerprint density at radius 2 is 1.73 bits per heavy atom. The zero-order valence-electron chi connectivity index (χ0n) is 14.5. The molecule has 1 aromatic rings. The molecule has 3 unspecified atom stereocenters. The summed E-state index contributed by atoms with van der Waals surface area (Å²) in [6.45, 7) is 1.25. The van der Waals surface area contributed by atoms with Crippen molar-refractivity contribution in [2.24, 2.45) is 11.8 Å². The lowest BCUT2D eigenvalue weighted by molar-refractivity contribution is -0.122. The minimum absolute atomic E-state index is 0.0926. The molecule has 4 rings (SSSR count). The third kappa shape index (κ3) is 3.05. The fraction of sp³-hybridized carbons (Fsp3) is 0.450. The number of nitrogens with zero attached hydrogens (tertiary/aromatic N) is 1. The molecule has 2 fully saturated rings. The molecule has 3 atom stereocenters. The molecule has 0 radical (unpaired) electrons.